The molecular weight excluding hydrogens is 244 g/mol. The number of carbonyl (C=O) groups excluding carboxylic acids is 1. The molecule has 4 heteroatoms. The van der Waals surface area contributed by atoms with E-state index in [0.29, 0.717) is 6.42 Å². The summed E-state index contributed by atoms with van der Waals surface area (Å²) >= 11 is 1.64. The van der Waals surface area contributed by atoms with Crippen LogP contribution in [0.15, 0.2) is 41.8 Å². The Morgan fingerprint density at radius 3 is 2.94 bits per heavy atom. The molecule has 1 aromatic rings. The average Bonchev–Trinajstić information content (AvgIpc) is 2.38. The quantitative estimate of drug-likeness (QED) is 0.588. The maximum absolute atomic E-state index is 11.9. The van der Waals surface area contributed by atoms with Crippen molar-refractivity contribution in [3.8, 4) is 0 Å². The summed E-state index contributed by atoms with van der Waals surface area (Å²) in [7, 11) is 0. The molecule has 0 radical (unpaired) electrons. The third-order valence-corrected chi connectivity index (χ3v) is 3.51. The molecule has 0 saturated heterocycles. The Morgan fingerprint density at radius 1 is 1.56 bits per heavy atom. The van der Waals surface area contributed by atoms with E-state index in [-0.39, 0.29) is 5.91 Å². The number of nitrogens with two attached hydrogens (primary N) is 1. The molecule has 0 saturated carbocycles. The van der Waals surface area contributed by atoms with Crippen LogP contribution in [0.3, 0.4) is 0 Å². The highest BCUT2D eigenvalue weighted by Gasteiger charge is 2.13. The Morgan fingerprint density at radius 2 is 2.28 bits per heavy atom. The fraction of sp³-hybridized carbons (Fsp3) is 0.357. The van der Waals surface area contributed by atoms with Gasteiger partial charge in [-0.15, -0.1) is 18.3 Å². The lowest BCUT2D eigenvalue weighted by Crippen LogP contribution is -2.35. The summed E-state index contributed by atoms with van der Waals surface area (Å²) in [6.07, 6.45) is 3.45. The minimum absolute atomic E-state index is 0.122. The minimum Gasteiger partial charge on any atom is -0.324 e. The van der Waals surface area contributed by atoms with Gasteiger partial charge in [-0.05, 0) is 18.6 Å². The first-order valence-corrected chi connectivity index (χ1v) is 7.06. The molecule has 0 aliphatic heterocycles. The maximum Gasteiger partial charge on any atom is 0.241 e. The van der Waals surface area contributed by atoms with E-state index in [9.17, 15) is 4.79 Å². The van der Waals surface area contributed by atoms with E-state index in [1.54, 1.807) is 11.8 Å². The van der Waals surface area contributed by atoms with Crippen LogP contribution in [0.5, 0.6) is 0 Å². The van der Waals surface area contributed by atoms with Crippen LogP contribution in [0.2, 0.25) is 0 Å². The Kier molecular flexibility index (Phi) is 6.54. The molecule has 3 nitrogen and oxygen atoms in total. The van der Waals surface area contributed by atoms with Crippen molar-refractivity contribution in [2.75, 3.05) is 11.1 Å². The van der Waals surface area contributed by atoms with E-state index in [2.05, 4.69) is 11.9 Å². The van der Waals surface area contributed by atoms with Crippen LogP contribution in [0.1, 0.15) is 19.8 Å². The molecule has 1 rings (SSSR count). The van der Waals surface area contributed by atoms with Crippen molar-refractivity contribution in [2.45, 2.75) is 30.7 Å². The van der Waals surface area contributed by atoms with Crippen molar-refractivity contribution in [1.29, 1.82) is 0 Å². The summed E-state index contributed by atoms with van der Waals surface area (Å²) < 4.78 is 0. The molecule has 0 heterocycles. The summed E-state index contributed by atoms with van der Waals surface area (Å²) in [6, 6.07) is 7.29. The molecule has 1 atom stereocenters. The van der Waals surface area contributed by atoms with Gasteiger partial charge in [0.25, 0.3) is 0 Å². The summed E-state index contributed by atoms with van der Waals surface area (Å²) in [4.78, 5) is 12.9. The predicted molar refractivity (Wildman–Crippen MR) is 78.9 cm³/mol. The first-order chi connectivity index (χ1) is 8.69. The number of hydrogen-bond donors (Lipinski definition) is 2. The van der Waals surface area contributed by atoms with Crippen LogP contribution in [-0.2, 0) is 4.79 Å². The maximum atomic E-state index is 11.9. The van der Waals surface area contributed by atoms with Crippen LogP contribution < -0.4 is 11.1 Å². The van der Waals surface area contributed by atoms with Crippen LogP contribution >= 0.6 is 11.8 Å². The fourth-order valence-electron chi connectivity index (χ4n) is 1.51. The number of rotatable bonds is 7. The summed E-state index contributed by atoms with van der Waals surface area (Å²) in [5.74, 6) is 0.692. The molecule has 0 aliphatic rings. The van der Waals surface area contributed by atoms with Crippen LogP contribution in [0.25, 0.3) is 0 Å². The van der Waals surface area contributed by atoms with Crippen molar-refractivity contribution >= 4 is 23.4 Å². The smallest absolute Gasteiger partial charge is 0.241 e. The second-order valence-corrected chi connectivity index (χ2v) is 5.04. The second-order valence-electron chi connectivity index (χ2n) is 3.98. The molecule has 0 spiro atoms. The van der Waals surface area contributed by atoms with E-state index in [0.717, 1.165) is 22.8 Å². The van der Waals surface area contributed by atoms with Crippen molar-refractivity contribution in [1.82, 2.24) is 0 Å². The number of anilines is 1. The number of hydrogen-bond acceptors (Lipinski definition) is 3. The van der Waals surface area contributed by atoms with Gasteiger partial charge < -0.3 is 11.1 Å². The van der Waals surface area contributed by atoms with Crippen LogP contribution in [0.4, 0.5) is 5.69 Å². The van der Waals surface area contributed by atoms with Crippen molar-refractivity contribution in [3.63, 3.8) is 0 Å². The van der Waals surface area contributed by atoms with E-state index in [4.69, 9.17) is 5.73 Å². The van der Waals surface area contributed by atoms with Gasteiger partial charge in [0.1, 0.15) is 0 Å². The number of carbonyl (C=O) groups is 1. The van der Waals surface area contributed by atoms with Gasteiger partial charge in [-0.25, -0.2) is 0 Å². The lowest BCUT2D eigenvalue weighted by molar-refractivity contribution is -0.117. The van der Waals surface area contributed by atoms with E-state index in [1.807, 2.05) is 37.3 Å². The van der Waals surface area contributed by atoms with Gasteiger partial charge >= 0.3 is 0 Å². The number of para-hydroxylation sites is 1. The number of thioether (sulfide) groups is 1. The molecule has 0 aromatic heterocycles. The topological polar surface area (TPSA) is 55.1 Å². The predicted octanol–water partition coefficient (Wildman–Crippen LogP) is 3.03. The van der Waals surface area contributed by atoms with Crippen molar-refractivity contribution in [2.24, 2.45) is 5.73 Å². The minimum atomic E-state index is -0.438. The Hall–Kier alpha value is -1.26. The standard InChI is InChI=1S/C14H20N2OS/c1-3-7-11(15)14(17)16-12-8-5-6-9-13(12)18-10-4-2/h4-6,8-9,11H,2-3,7,10,15H2,1H3,(H,16,17)/t11-/m1/s1. The average molecular weight is 264 g/mol. The number of benzene rings is 1. The molecule has 0 unspecified atom stereocenters. The summed E-state index contributed by atoms with van der Waals surface area (Å²) in [5, 5.41) is 2.88. The van der Waals surface area contributed by atoms with Crippen molar-refractivity contribution < 1.29 is 4.79 Å². The van der Waals surface area contributed by atoms with E-state index >= 15 is 0 Å². The molecule has 1 amide bonds. The van der Waals surface area contributed by atoms with Gasteiger partial charge in [0.2, 0.25) is 5.91 Å². The van der Waals surface area contributed by atoms with Gasteiger partial charge in [0.15, 0.2) is 0 Å². The normalized spacial score (nSPS) is 11.9. The van der Waals surface area contributed by atoms with E-state index in [1.165, 1.54) is 0 Å². The van der Waals surface area contributed by atoms with Gasteiger partial charge in [-0.2, -0.15) is 0 Å². The Balaban J connectivity index is 2.70. The molecule has 0 fully saturated rings. The molecule has 0 bridgehead atoms. The molecule has 18 heavy (non-hydrogen) atoms. The summed E-state index contributed by atoms with van der Waals surface area (Å²) in [6.45, 7) is 5.71. The SMILES string of the molecule is C=CCSc1ccccc1NC(=O)[C@H](N)CCC. The Bertz CT molecular complexity index is 407. The first kappa shape index (κ1) is 14.8. The fourth-order valence-corrected chi connectivity index (χ4v) is 2.26. The zero-order valence-corrected chi connectivity index (χ0v) is 11.5. The Labute approximate surface area is 113 Å². The highest BCUT2D eigenvalue weighted by molar-refractivity contribution is 7.99. The van der Waals surface area contributed by atoms with Crippen molar-refractivity contribution in [3.05, 3.63) is 36.9 Å². The lowest BCUT2D eigenvalue weighted by Gasteiger charge is -2.13. The third-order valence-electron chi connectivity index (χ3n) is 2.44. The van der Waals surface area contributed by atoms with Gasteiger partial charge in [-0.3, -0.25) is 4.79 Å². The summed E-state index contributed by atoms with van der Waals surface area (Å²) in [5.41, 5.74) is 6.61. The third kappa shape index (κ3) is 4.55. The molecule has 3 N–H and O–H groups in total. The largest absolute Gasteiger partial charge is 0.324 e. The van der Waals surface area contributed by atoms with Gasteiger partial charge in [0.05, 0.1) is 11.7 Å². The van der Waals surface area contributed by atoms with Crippen LogP contribution in [0, 0.1) is 0 Å². The molecular formula is C14H20N2OS. The lowest BCUT2D eigenvalue weighted by atomic mass is 10.1. The molecule has 1 aromatic carbocycles. The number of amides is 1. The number of nitrogens with one attached hydrogen (secondary N) is 1. The molecule has 0 aliphatic carbocycles. The molecule has 98 valence electrons. The second kappa shape index (κ2) is 7.95. The van der Waals surface area contributed by atoms with Gasteiger partial charge in [0, 0.05) is 10.6 Å². The zero-order valence-electron chi connectivity index (χ0n) is 10.7. The zero-order chi connectivity index (χ0) is 13.4. The van der Waals surface area contributed by atoms with Crippen LogP contribution in [-0.4, -0.2) is 17.7 Å². The first-order valence-electron chi connectivity index (χ1n) is 6.08. The van der Waals surface area contributed by atoms with E-state index < -0.39 is 6.04 Å². The highest BCUT2D eigenvalue weighted by atomic mass is 32.2. The highest BCUT2D eigenvalue weighted by Crippen LogP contribution is 2.27. The van der Waals surface area contributed by atoms with Gasteiger partial charge in [-0.1, -0.05) is 31.6 Å². The monoisotopic (exact) mass is 264 g/mol.